The Kier molecular flexibility index (Phi) is 5.69. The lowest BCUT2D eigenvalue weighted by Gasteiger charge is -1.98. The van der Waals surface area contributed by atoms with Gasteiger partial charge in [0.25, 0.3) is 0 Å². The van der Waals surface area contributed by atoms with E-state index in [2.05, 4.69) is 5.73 Å². The van der Waals surface area contributed by atoms with Crippen molar-refractivity contribution in [1.29, 1.82) is 0 Å². The molecule has 0 aliphatic carbocycles. The van der Waals surface area contributed by atoms with Crippen LogP contribution in [0.25, 0.3) is 0 Å². The first kappa shape index (κ1) is 14.6. The second kappa shape index (κ2) is 6.24. The monoisotopic (exact) mass is 244 g/mol. The van der Waals surface area contributed by atoms with E-state index in [1.807, 2.05) is 6.92 Å². The van der Waals surface area contributed by atoms with Crippen LogP contribution < -0.4 is 10.9 Å². The maximum absolute atomic E-state index is 10.8. The summed E-state index contributed by atoms with van der Waals surface area (Å²) in [4.78, 5) is 9.39. The summed E-state index contributed by atoms with van der Waals surface area (Å²) in [5.41, 5.74) is 5.57. The van der Waals surface area contributed by atoms with E-state index in [0.29, 0.717) is 0 Å². The molecule has 4 N–H and O–H groups in total. The summed E-state index contributed by atoms with van der Waals surface area (Å²) in [5, 5.41) is 4.92. The molecule has 0 aromatic heterocycles. The Morgan fingerprint density at radius 2 is 1.62 bits per heavy atom. The summed E-state index contributed by atoms with van der Waals surface area (Å²) in [6.45, 7) is 3.31. The van der Waals surface area contributed by atoms with Gasteiger partial charge in [-0.1, -0.05) is 19.1 Å². The fourth-order valence-corrected chi connectivity index (χ4v) is 1.43. The number of aryl methyl sites for hydroxylation is 1. The number of hydrogen-bond donors (Lipinski definition) is 2. The Balaban J connectivity index is 0.000000487. The minimum absolute atomic E-state index is 0.166. The minimum Gasteiger partial charge on any atom is -0.370 e. The third-order valence-corrected chi connectivity index (χ3v) is 2.59. The van der Waals surface area contributed by atoms with Crippen LogP contribution in [-0.4, -0.2) is 14.3 Å². The van der Waals surface area contributed by atoms with E-state index in [9.17, 15) is 13.2 Å². The maximum Gasteiger partial charge on any atom is 0.238 e. The molecule has 6 heteroatoms. The Bertz CT molecular complexity index is 434. The van der Waals surface area contributed by atoms with E-state index >= 15 is 0 Å². The molecule has 16 heavy (non-hydrogen) atoms. The quantitative estimate of drug-likeness (QED) is 0.786. The van der Waals surface area contributed by atoms with Gasteiger partial charge in [-0.3, -0.25) is 4.79 Å². The maximum atomic E-state index is 10.8. The molecule has 0 unspecified atom stereocenters. The number of carbonyl (C=O) groups is 1. The first-order chi connectivity index (χ1) is 7.27. The third kappa shape index (κ3) is 6.15. The van der Waals surface area contributed by atoms with Crippen molar-refractivity contribution in [3.05, 3.63) is 29.8 Å². The zero-order valence-electron chi connectivity index (χ0n) is 9.30. The zero-order chi connectivity index (χ0) is 12.8. The SMILES string of the molecule is CC(N)=O.CCc1ccc(S(N)(=O)=O)cc1. The Morgan fingerprint density at radius 1 is 1.25 bits per heavy atom. The topological polar surface area (TPSA) is 103 Å². The van der Waals surface area contributed by atoms with E-state index in [-0.39, 0.29) is 10.8 Å². The first-order valence-electron chi connectivity index (χ1n) is 4.65. The van der Waals surface area contributed by atoms with Crippen LogP contribution in [0.5, 0.6) is 0 Å². The zero-order valence-corrected chi connectivity index (χ0v) is 10.1. The van der Waals surface area contributed by atoms with Gasteiger partial charge in [-0.2, -0.15) is 0 Å². The van der Waals surface area contributed by atoms with Crippen molar-refractivity contribution in [2.45, 2.75) is 25.2 Å². The highest BCUT2D eigenvalue weighted by atomic mass is 32.2. The lowest BCUT2D eigenvalue weighted by molar-refractivity contribution is -0.115. The highest BCUT2D eigenvalue weighted by molar-refractivity contribution is 7.89. The van der Waals surface area contributed by atoms with Crippen LogP contribution >= 0.6 is 0 Å². The standard InChI is InChI=1S/C8H11NO2S.C2H5NO/c1-2-7-3-5-8(6-4-7)12(9,10)11;1-2(3)4/h3-6H,2H2,1H3,(H2,9,10,11);1H3,(H2,3,4). The van der Waals surface area contributed by atoms with E-state index in [1.165, 1.54) is 19.1 Å². The van der Waals surface area contributed by atoms with Crippen LogP contribution in [0.3, 0.4) is 0 Å². The summed E-state index contributed by atoms with van der Waals surface area (Å²) in [5.74, 6) is -0.333. The molecule has 0 spiro atoms. The molecule has 1 amide bonds. The molecule has 0 bridgehead atoms. The summed E-state index contributed by atoms with van der Waals surface area (Å²) in [7, 11) is -3.53. The van der Waals surface area contributed by atoms with E-state index in [4.69, 9.17) is 5.14 Å². The lowest BCUT2D eigenvalue weighted by Crippen LogP contribution is -2.11. The summed E-state index contributed by atoms with van der Waals surface area (Å²) < 4.78 is 21.6. The van der Waals surface area contributed by atoms with Crippen molar-refractivity contribution in [2.75, 3.05) is 0 Å². The average molecular weight is 244 g/mol. The summed E-state index contributed by atoms with van der Waals surface area (Å²) in [6, 6.07) is 6.57. The predicted octanol–water partition coefficient (Wildman–Crippen LogP) is 0.388. The number of carbonyl (C=O) groups excluding carboxylic acids is 1. The van der Waals surface area contributed by atoms with E-state index in [1.54, 1.807) is 12.1 Å². The van der Waals surface area contributed by atoms with Gasteiger partial charge in [0.2, 0.25) is 15.9 Å². The molecule has 1 rings (SSSR count). The molecule has 0 atom stereocenters. The van der Waals surface area contributed by atoms with E-state index < -0.39 is 10.0 Å². The average Bonchev–Trinajstić information content (AvgIpc) is 2.16. The van der Waals surface area contributed by atoms with Crippen molar-refractivity contribution >= 4 is 15.9 Å². The number of amides is 1. The smallest absolute Gasteiger partial charge is 0.238 e. The number of benzene rings is 1. The number of primary sulfonamides is 1. The van der Waals surface area contributed by atoms with Gasteiger partial charge < -0.3 is 5.73 Å². The van der Waals surface area contributed by atoms with Gasteiger partial charge in [0, 0.05) is 6.92 Å². The molecule has 0 fully saturated rings. The Morgan fingerprint density at radius 3 is 1.88 bits per heavy atom. The lowest BCUT2D eigenvalue weighted by atomic mass is 10.2. The molecule has 0 aliphatic rings. The largest absolute Gasteiger partial charge is 0.370 e. The second-order valence-electron chi connectivity index (χ2n) is 3.15. The van der Waals surface area contributed by atoms with Crippen LogP contribution in [0.15, 0.2) is 29.2 Å². The first-order valence-corrected chi connectivity index (χ1v) is 6.19. The fraction of sp³-hybridized carbons (Fsp3) is 0.300. The molecule has 5 nitrogen and oxygen atoms in total. The van der Waals surface area contributed by atoms with Crippen LogP contribution in [0.1, 0.15) is 19.4 Å². The number of hydrogen-bond acceptors (Lipinski definition) is 3. The van der Waals surface area contributed by atoms with Gasteiger partial charge in [0.1, 0.15) is 0 Å². The van der Waals surface area contributed by atoms with Crippen LogP contribution in [0, 0.1) is 0 Å². The van der Waals surface area contributed by atoms with Crippen molar-refractivity contribution < 1.29 is 13.2 Å². The van der Waals surface area contributed by atoms with Crippen molar-refractivity contribution in [1.82, 2.24) is 0 Å². The van der Waals surface area contributed by atoms with Crippen LogP contribution in [0.4, 0.5) is 0 Å². The molecular weight excluding hydrogens is 228 g/mol. The Labute approximate surface area is 95.5 Å². The third-order valence-electron chi connectivity index (χ3n) is 1.66. The summed E-state index contributed by atoms with van der Waals surface area (Å²) in [6.07, 6.45) is 0.894. The van der Waals surface area contributed by atoms with Gasteiger partial charge >= 0.3 is 0 Å². The molecule has 0 aliphatic heterocycles. The van der Waals surface area contributed by atoms with Crippen molar-refractivity contribution in [3.63, 3.8) is 0 Å². The molecule has 0 saturated heterocycles. The van der Waals surface area contributed by atoms with Crippen molar-refractivity contribution in [3.8, 4) is 0 Å². The molecule has 0 radical (unpaired) electrons. The molecular formula is C10H16N2O3S. The molecule has 90 valence electrons. The van der Waals surface area contributed by atoms with Gasteiger partial charge in [0.05, 0.1) is 4.90 Å². The van der Waals surface area contributed by atoms with Gasteiger partial charge in [-0.05, 0) is 24.1 Å². The highest BCUT2D eigenvalue weighted by Crippen LogP contribution is 2.08. The number of sulfonamides is 1. The molecule has 0 heterocycles. The Hall–Kier alpha value is -1.40. The van der Waals surface area contributed by atoms with E-state index in [0.717, 1.165) is 12.0 Å². The van der Waals surface area contributed by atoms with Crippen LogP contribution in [0.2, 0.25) is 0 Å². The normalized spacial score (nSPS) is 10.2. The van der Waals surface area contributed by atoms with Gasteiger partial charge in [-0.15, -0.1) is 0 Å². The number of rotatable bonds is 2. The number of primary amides is 1. The van der Waals surface area contributed by atoms with Gasteiger partial charge in [-0.25, -0.2) is 13.6 Å². The van der Waals surface area contributed by atoms with Crippen LogP contribution in [-0.2, 0) is 21.2 Å². The molecule has 1 aromatic carbocycles. The molecule has 1 aromatic rings. The van der Waals surface area contributed by atoms with Gasteiger partial charge in [0.15, 0.2) is 0 Å². The highest BCUT2D eigenvalue weighted by Gasteiger charge is 2.05. The second-order valence-corrected chi connectivity index (χ2v) is 4.71. The summed E-state index contributed by atoms with van der Waals surface area (Å²) >= 11 is 0. The minimum atomic E-state index is -3.53. The predicted molar refractivity (Wildman–Crippen MR) is 62.1 cm³/mol. The fourth-order valence-electron chi connectivity index (χ4n) is 0.915. The van der Waals surface area contributed by atoms with Crippen molar-refractivity contribution in [2.24, 2.45) is 10.9 Å². The molecule has 0 saturated carbocycles. The number of nitrogens with two attached hydrogens (primary N) is 2.